The van der Waals surface area contributed by atoms with Gasteiger partial charge in [0.15, 0.2) is 0 Å². The van der Waals surface area contributed by atoms with E-state index in [2.05, 4.69) is 22.6 Å². The lowest BCUT2D eigenvalue weighted by Gasteiger charge is -2.09. The normalized spacial score (nSPS) is 10.1. The molecule has 0 aliphatic carbocycles. The fraction of sp³-hybridized carbons (Fsp3) is 0.188. The van der Waals surface area contributed by atoms with Crippen LogP contribution in [0.4, 0.5) is 11.4 Å². The molecule has 0 saturated carbocycles. The standard InChI is InChI=1S/C16H16N2O3/c19-16(20)14-11-13(18-21)8-9-15(14)17-10-4-7-12-5-2-1-3-6-12/h1-3,5-6,8-9,11,17H,4,7,10H2,(H,19,20). The maximum atomic E-state index is 11.2. The zero-order chi connectivity index (χ0) is 15.1. The molecule has 0 atom stereocenters. The summed E-state index contributed by atoms with van der Waals surface area (Å²) in [6.07, 6.45) is 1.81. The molecule has 2 rings (SSSR count). The predicted octanol–water partition coefficient (Wildman–Crippen LogP) is 3.83. The van der Waals surface area contributed by atoms with E-state index in [4.69, 9.17) is 5.11 Å². The number of nitrogens with one attached hydrogen (secondary N) is 1. The molecular weight excluding hydrogens is 268 g/mol. The Morgan fingerprint density at radius 2 is 1.90 bits per heavy atom. The van der Waals surface area contributed by atoms with Gasteiger partial charge in [0.25, 0.3) is 0 Å². The summed E-state index contributed by atoms with van der Waals surface area (Å²) < 4.78 is 0. The van der Waals surface area contributed by atoms with Gasteiger partial charge in [-0.15, -0.1) is 4.91 Å². The minimum absolute atomic E-state index is 0.0619. The van der Waals surface area contributed by atoms with Gasteiger partial charge in [-0.25, -0.2) is 4.79 Å². The minimum Gasteiger partial charge on any atom is -0.478 e. The van der Waals surface area contributed by atoms with Crippen molar-refractivity contribution in [2.45, 2.75) is 12.8 Å². The second-order valence-corrected chi connectivity index (χ2v) is 4.64. The molecule has 0 saturated heterocycles. The number of rotatable bonds is 7. The molecule has 0 aliphatic heterocycles. The lowest BCUT2D eigenvalue weighted by molar-refractivity contribution is 0.0698. The number of nitroso groups, excluding NO2 is 1. The van der Waals surface area contributed by atoms with Crippen molar-refractivity contribution in [3.05, 3.63) is 64.6 Å². The first-order valence-corrected chi connectivity index (χ1v) is 6.69. The molecule has 2 aromatic rings. The molecule has 5 heteroatoms. The number of carboxylic acids is 1. The quantitative estimate of drug-likeness (QED) is 0.598. The van der Waals surface area contributed by atoms with Crippen molar-refractivity contribution in [1.82, 2.24) is 0 Å². The highest BCUT2D eigenvalue weighted by atomic mass is 16.4. The van der Waals surface area contributed by atoms with Crippen LogP contribution in [0.25, 0.3) is 0 Å². The van der Waals surface area contributed by atoms with E-state index in [0.717, 1.165) is 12.8 Å². The van der Waals surface area contributed by atoms with Gasteiger partial charge in [0.05, 0.1) is 5.56 Å². The molecule has 0 radical (unpaired) electrons. The zero-order valence-electron chi connectivity index (χ0n) is 11.5. The average Bonchev–Trinajstić information content (AvgIpc) is 2.52. The summed E-state index contributed by atoms with van der Waals surface area (Å²) >= 11 is 0. The van der Waals surface area contributed by atoms with E-state index in [1.807, 2.05) is 18.2 Å². The molecule has 2 N–H and O–H groups in total. The summed E-state index contributed by atoms with van der Waals surface area (Å²) in [5.74, 6) is -1.08. The van der Waals surface area contributed by atoms with Crippen molar-refractivity contribution in [3.8, 4) is 0 Å². The Bertz CT molecular complexity index is 627. The Morgan fingerprint density at radius 1 is 1.14 bits per heavy atom. The number of carboxylic acid groups (broad SMARTS) is 1. The van der Waals surface area contributed by atoms with Crippen molar-refractivity contribution in [2.24, 2.45) is 5.18 Å². The van der Waals surface area contributed by atoms with Crippen LogP contribution in [0.2, 0.25) is 0 Å². The van der Waals surface area contributed by atoms with Crippen LogP contribution in [0, 0.1) is 4.91 Å². The van der Waals surface area contributed by atoms with Crippen molar-refractivity contribution in [1.29, 1.82) is 0 Å². The van der Waals surface area contributed by atoms with Crippen LogP contribution in [0.3, 0.4) is 0 Å². The number of anilines is 1. The first kappa shape index (κ1) is 14.7. The van der Waals surface area contributed by atoms with Gasteiger partial charge >= 0.3 is 5.97 Å². The van der Waals surface area contributed by atoms with E-state index in [1.165, 1.54) is 17.7 Å². The molecule has 0 fully saturated rings. The van der Waals surface area contributed by atoms with Gasteiger partial charge in [0.1, 0.15) is 5.69 Å². The fourth-order valence-electron chi connectivity index (χ4n) is 2.08. The molecule has 0 bridgehead atoms. The third kappa shape index (κ3) is 4.14. The van der Waals surface area contributed by atoms with E-state index in [-0.39, 0.29) is 11.3 Å². The van der Waals surface area contributed by atoms with Crippen molar-refractivity contribution >= 4 is 17.3 Å². The zero-order valence-corrected chi connectivity index (χ0v) is 11.5. The van der Waals surface area contributed by atoms with Crippen LogP contribution in [0.5, 0.6) is 0 Å². The van der Waals surface area contributed by atoms with E-state index < -0.39 is 5.97 Å². The van der Waals surface area contributed by atoms with E-state index in [9.17, 15) is 9.70 Å². The van der Waals surface area contributed by atoms with Gasteiger partial charge in [0, 0.05) is 12.2 Å². The molecule has 0 unspecified atom stereocenters. The molecule has 0 heterocycles. The van der Waals surface area contributed by atoms with Crippen molar-refractivity contribution in [2.75, 3.05) is 11.9 Å². The van der Waals surface area contributed by atoms with Gasteiger partial charge in [-0.3, -0.25) is 0 Å². The highest BCUT2D eigenvalue weighted by molar-refractivity contribution is 5.95. The number of aromatic carboxylic acids is 1. The summed E-state index contributed by atoms with van der Waals surface area (Å²) in [4.78, 5) is 21.6. The first-order valence-electron chi connectivity index (χ1n) is 6.69. The van der Waals surface area contributed by atoms with Gasteiger partial charge in [-0.1, -0.05) is 30.3 Å². The summed E-state index contributed by atoms with van der Waals surface area (Å²) in [7, 11) is 0. The molecule has 0 aromatic heterocycles. The Balaban J connectivity index is 1.93. The van der Waals surface area contributed by atoms with Crippen LogP contribution in [-0.4, -0.2) is 17.6 Å². The van der Waals surface area contributed by atoms with Crippen LogP contribution in [0.15, 0.2) is 53.7 Å². The van der Waals surface area contributed by atoms with Crippen LogP contribution < -0.4 is 5.32 Å². The van der Waals surface area contributed by atoms with Gasteiger partial charge in [-0.05, 0) is 41.8 Å². The van der Waals surface area contributed by atoms with Crippen molar-refractivity contribution < 1.29 is 9.90 Å². The number of hydrogen-bond donors (Lipinski definition) is 2. The minimum atomic E-state index is -1.08. The second-order valence-electron chi connectivity index (χ2n) is 4.64. The molecule has 5 nitrogen and oxygen atoms in total. The van der Waals surface area contributed by atoms with Gasteiger partial charge < -0.3 is 10.4 Å². The summed E-state index contributed by atoms with van der Waals surface area (Å²) in [5, 5.41) is 15.0. The number of benzene rings is 2. The van der Waals surface area contributed by atoms with Crippen LogP contribution >= 0.6 is 0 Å². The van der Waals surface area contributed by atoms with E-state index in [0.29, 0.717) is 12.2 Å². The Labute approximate surface area is 122 Å². The molecule has 2 aromatic carbocycles. The van der Waals surface area contributed by atoms with Crippen molar-refractivity contribution in [3.63, 3.8) is 0 Å². The molecule has 0 amide bonds. The highest BCUT2D eigenvalue weighted by Crippen LogP contribution is 2.22. The van der Waals surface area contributed by atoms with Gasteiger partial charge in [0.2, 0.25) is 0 Å². The number of hydrogen-bond acceptors (Lipinski definition) is 4. The number of carbonyl (C=O) groups is 1. The Kier molecular flexibility index (Phi) is 5.04. The summed E-state index contributed by atoms with van der Waals surface area (Å²) in [6.45, 7) is 0.656. The second kappa shape index (κ2) is 7.19. The van der Waals surface area contributed by atoms with Crippen LogP contribution in [0.1, 0.15) is 22.3 Å². The Hall–Kier alpha value is -2.69. The summed E-state index contributed by atoms with van der Waals surface area (Å²) in [5.41, 5.74) is 1.93. The average molecular weight is 284 g/mol. The maximum absolute atomic E-state index is 11.2. The SMILES string of the molecule is O=Nc1ccc(NCCCc2ccccc2)c(C(=O)O)c1. The van der Waals surface area contributed by atoms with E-state index >= 15 is 0 Å². The Morgan fingerprint density at radius 3 is 2.57 bits per heavy atom. The topological polar surface area (TPSA) is 78.8 Å². The van der Waals surface area contributed by atoms with Crippen LogP contribution in [-0.2, 0) is 6.42 Å². The lowest BCUT2D eigenvalue weighted by atomic mass is 10.1. The third-order valence-corrected chi connectivity index (χ3v) is 3.14. The molecular formula is C16H16N2O3. The molecule has 21 heavy (non-hydrogen) atoms. The highest BCUT2D eigenvalue weighted by Gasteiger charge is 2.11. The monoisotopic (exact) mass is 284 g/mol. The fourth-order valence-corrected chi connectivity index (χ4v) is 2.08. The van der Waals surface area contributed by atoms with E-state index in [1.54, 1.807) is 6.07 Å². The maximum Gasteiger partial charge on any atom is 0.337 e. The lowest BCUT2D eigenvalue weighted by Crippen LogP contribution is -2.08. The number of aryl methyl sites for hydroxylation is 1. The van der Waals surface area contributed by atoms with Gasteiger partial charge in [-0.2, -0.15) is 0 Å². The predicted molar refractivity (Wildman–Crippen MR) is 82.1 cm³/mol. The molecule has 0 aliphatic rings. The number of nitrogens with zero attached hydrogens (tertiary/aromatic N) is 1. The third-order valence-electron chi connectivity index (χ3n) is 3.14. The summed E-state index contributed by atoms with van der Waals surface area (Å²) in [6, 6.07) is 14.4. The molecule has 108 valence electrons. The smallest absolute Gasteiger partial charge is 0.337 e. The largest absolute Gasteiger partial charge is 0.478 e. The first-order chi connectivity index (χ1) is 10.2. The molecule has 0 spiro atoms.